The van der Waals surface area contributed by atoms with E-state index >= 15 is 0 Å². The minimum absolute atomic E-state index is 0.0748. The Morgan fingerprint density at radius 3 is 2.89 bits per heavy atom. The van der Waals surface area contributed by atoms with Gasteiger partial charge in [0.15, 0.2) is 5.82 Å². The second-order valence-electron chi connectivity index (χ2n) is 4.23. The van der Waals surface area contributed by atoms with Crippen LogP contribution in [-0.4, -0.2) is 35.9 Å². The second kappa shape index (κ2) is 5.43. The summed E-state index contributed by atoms with van der Waals surface area (Å²) in [5.41, 5.74) is 6.03. The number of anilines is 1. The maximum Gasteiger partial charge on any atom is 0.182 e. The van der Waals surface area contributed by atoms with Crippen LogP contribution in [0.5, 0.6) is 0 Å². The minimum Gasteiger partial charge on any atom is -0.396 e. The van der Waals surface area contributed by atoms with E-state index in [0.717, 1.165) is 0 Å². The number of hydrogen-bond donors (Lipinski definition) is 1. The van der Waals surface area contributed by atoms with Crippen molar-refractivity contribution in [3.05, 3.63) is 24.0 Å². The molecule has 0 saturated heterocycles. The number of rotatable bonds is 4. The molecule has 1 aromatic carbocycles. The number of aromatic nitrogens is 4. The SMILES string of the molecule is CC(Cn1nnnc1-c1ccc(N)c(F)c1)S(C)=O. The van der Waals surface area contributed by atoms with Gasteiger partial charge in [-0.3, -0.25) is 4.21 Å². The van der Waals surface area contributed by atoms with Gasteiger partial charge in [-0.15, -0.1) is 5.10 Å². The zero-order valence-corrected chi connectivity index (χ0v) is 11.4. The molecule has 102 valence electrons. The van der Waals surface area contributed by atoms with Crippen LogP contribution < -0.4 is 5.73 Å². The van der Waals surface area contributed by atoms with E-state index in [4.69, 9.17) is 5.73 Å². The van der Waals surface area contributed by atoms with Gasteiger partial charge in [0.2, 0.25) is 0 Å². The maximum atomic E-state index is 13.4. The van der Waals surface area contributed by atoms with Gasteiger partial charge in [-0.2, -0.15) is 0 Å². The van der Waals surface area contributed by atoms with Crippen LogP contribution in [0.2, 0.25) is 0 Å². The van der Waals surface area contributed by atoms with Gasteiger partial charge in [0.05, 0.1) is 17.5 Å². The molecule has 0 aliphatic rings. The molecule has 2 rings (SSSR count). The van der Waals surface area contributed by atoms with Gasteiger partial charge in [-0.1, -0.05) is 0 Å². The largest absolute Gasteiger partial charge is 0.396 e. The Balaban J connectivity index is 2.33. The fraction of sp³-hybridized carbons (Fsp3) is 0.364. The molecule has 0 fully saturated rings. The topological polar surface area (TPSA) is 86.7 Å². The average molecular weight is 283 g/mol. The second-order valence-corrected chi connectivity index (χ2v) is 6.03. The molecule has 6 nitrogen and oxygen atoms in total. The lowest BCUT2D eigenvalue weighted by Gasteiger charge is -2.09. The third-order valence-electron chi connectivity index (χ3n) is 2.79. The molecule has 1 heterocycles. The molecule has 0 spiro atoms. The van der Waals surface area contributed by atoms with Gasteiger partial charge in [-0.25, -0.2) is 9.07 Å². The van der Waals surface area contributed by atoms with Crippen molar-refractivity contribution in [1.82, 2.24) is 20.2 Å². The van der Waals surface area contributed by atoms with Crippen molar-refractivity contribution in [3.8, 4) is 11.4 Å². The maximum absolute atomic E-state index is 13.4. The first-order chi connectivity index (χ1) is 8.99. The molecular formula is C11H14FN5OS. The number of nitrogens with zero attached hydrogens (tertiary/aromatic N) is 4. The summed E-state index contributed by atoms with van der Waals surface area (Å²) in [6.07, 6.45) is 1.62. The van der Waals surface area contributed by atoms with Crippen molar-refractivity contribution >= 4 is 16.5 Å². The lowest BCUT2D eigenvalue weighted by atomic mass is 10.2. The fourth-order valence-electron chi connectivity index (χ4n) is 1.55. The van der Waals surface area contributed by atoms with Crippen LogP contribution in [-0.2, 0) is 17.3 Å². The number of tetrazole rings is 1. The molecule has 0 bridgehead atoms. The summed E-state index contributed by atoms with van der Waals surface area (Å²) in [5, 5.41) is 11.2. The number of nitrogen functional groups attached to an aromatic ring is 1. The summed E-state index contributed by atoms with van der Waals surface area (Å²) < 4.78 is 26.3. The average Bonchev–Trinajstić information content (AvgIpc) is 2.80. The van der Waals surface area contributed by atoms with Crippen molar-refractivity contribution in [3.63, 3.8) is 0 Å². The molecule has 19 heavy (non-hydrogen) atoms. The molecule has 0 radical (unpaired) electrons. The van der Waals surface area contributed by atoms with E-state index in [0.29, 0.717) is 17.9 Å². The first-order valence-corrected chi connectivity index (χ1v) is 7.25. The zero-order chi connectivity index (χ0) is 14.0. The van der Waals surface area contributed by atoms with Crippen LogP contribution >= 0.6 is 0 Å². The smallest absolute Gasteiger partial charge is 0.182 e. The highest BCUT2D eigenvalue weighted by Crippen LogP contribution is 2.20. The lowest BCUT2D eigenvalue weighted by molar-refractivity contribution is 0.578. The number of nitrogens with two attached hydrogens (primary N) is 1. The zero-order valence-electron chi connectivity index (χ0n) is 10.6. The number of hydrogen-bond acceptors (Lipinski definition) is 5. The van der Waals surface area contributed by atoms with Gasteiger partial charge in [0.1, 0.15) is 5.82 Å². The van der Waals surface area contributed by atoms with Gasteiger partial charge < -0.3 is 5.73 Å². The third-order valence-corrected chi connectivity index (χ3v) is 4.07. The van der Waals surface area contributed by atoms with E-state index in [-0.39, 0.29) is 10.9 Å². The Labute approximate surface area is 112 Å². The highest BCUT2D eigenvalue weighted by Gasteiger charge is 2.15. The van der Waals surface area contributed by atoms with Crippen LogP contribution in [0.1, 0.15) is 6.92 Å². The van der Waals surface area contributed by atoms with Gasteiger partial charge in [0, 0.05) is 22.6 Å². The van der Waals surface area contributed by atoms with E-state index in [9.17, 15) is 8.60 Å². The molecule has 1 aromatic heterocycles. The quantitative estimate of drug-likeness (QED) is 0.840. The van der Waals surface area contributed by atoms with Gasteiger partial charge in [0.25, 0.3) is 0 Å². The molecule has 8 heteroatoms. The molecule has 0 aliphatic carbocycles. The van der Waals surface area contributed by atoms with Crippen LogP contribution in [0.3, 0.4) is 0 Å². The van der Waals surface area contributed by atoms with E-state index in [1.54, 1.807) is 12.3 Å². The van der Waals surface area contributed by atoms with Crippen LogP contribution in [0.15, 0.2) is 18.2 Å². The highest BCUT2D eigenvalue weighted by molar-refractivity contribution is 7.84. The normalized spacial score (nSPS) is 14.3. The Hall–Kier alpha value is -1.83. The Morgan fingerprint density at radius 2 is 2.26 bits per heavy atom. The minimum atomic E-state index is -0.978. The van der Waals surface area contributed by atoms with Crippen LogP contribution in [0.25, 0.3) is 11.4 Å². The van der Waals surface area contributed by atoms with E-state index in [1.165, 1.54) is 16.8 Å². The Bertz CT molecular complexity index is 615. The summed E-state index contributed by atoms with van der Waals surface area (Å²) in [6.45, 7) is 2.24. The molecule has 2 atom stereocenters. The number of halogens is 1. The third kappa shape index (κ3) is 2.95. The molecule has 0 saturated carbocycles. The summed E-state index contributed by atoms with van der Waals surface area (Å²) in [7, 11) is -0.978. The van der Waals surface area contributed by atoms with E-state index in [2.05, 4.69) is 15.5 Å². The van der Waals surface area contributed by atoms with E-state index in [1.807, 2.05) is 6.92 Å². The first kappa shape index (κ1) is 13.6. The molecule has 0 amide bonds. The Kier molecular flexibility index (Phi) is 3.89. The highest BCUT2D eigenvalue weighted by atomic mass is 32.2. The Morgan fingerprint density at radius 1 is 1.53 bits per heavy atom. The summed E-state index contributed by atoms with van der Waals surface area (Å²) in [4.78, 5) is 0. The molecule has 2 N–H and O–H groups in total. The van der Waals surface area contributed by atoms with Gasteiger partial charge >= 0.3 is 0 Å². The standard InChI is InChI=1S/C11H14FN5OS/c1-7(19(2)18)6-17-11(14-15-16-17)8-3-4-10(13)9(12)5-8/h3-5,7H,6,13H2,1-2H3. The summed E-state index contributed by atoms with van der Waals surface area (Å²) >= 11 is 0. The molecule has 2 aromatic rings. The lowest BCUT2D eigenvalue weighted by Crippen LogP contribution is -2.19. The predicted molar refractivity (Wildman–Crippen MR) is 71.2 cm³/mol. The first-order valence-electron chi connectivity index (χ1n) is 5.63. The monoisotopic (exact) mass is 283 g/mol. The van der Waals surface area contributed by atoms with Crippen molar-refractivity contribution in [2.24, 2.45) is 0 Å². The molecular weight excluding hydrogens is 269 g/mol. The van der Waals surface area contributed by atoms with Crippen molar-refractivity contribution in [2.45, 2.75) is 18.7 Å². The van der Waals surface area contributed by atoms with Gasteiger partial charge in [-0.05, 0) is 35.5 Å². The van der Waals surface area contributed by atoms with Crippen LogP contribution in [0.4, 0.5) is 10.1 Å². The number of benzene rings is 1. The van der Waals surface area contributed by atoms with Crippen molar-refractivity contribution in [1.29, 1.82) is 0 Å². The van der Waals surface area contributed by atoms with Crippen LogP contribution in [0, 0.1) is 5.82 Å². The van der Waals surface area contributed by atoms with Crippen molar-refractivity contribution < 1.29 is 8.60 Å². The molecule has 0 aliphatic heterocycles. The summed E-state index contributed by atoms with van der Waals surface area (Å²) in [5.74, 6) is -0.0876. The van der Waals surface area contributed by atoms with E-state index < -0.39 is 16.6 Å². The van der Waals surface area contributed by atoms with Crippen molar-refractivity contribution in [2.75, 3.05) is 12.0 Å². The molecule has 2 unspecified atom stereocenters. The predicted octanol–water partition coefficient (Wildman–Crippen LogP) is 0.828. The fourth-order valence-corrected chi connectivity index (χ4v) is 1.90. The summed E-state index contributed by atoms with van der Waals surface area (Å²) in [6, 6.07) is 4.39.